The molecule has 12 rings (SSSR count). The van der Waals surface area contributed by atoms with Gasteiger partial charge in [0.2, 0.25) is 0 Å². The van der Waals surface area contributed by atoms with Crippen molar-refractivity contribution < 1.29 is 4.42 Å². The first kappa shape index (κ1) is 35.5. The number of aromatic nitrogens is 4. The van der Waals surface area contributed by atoms with E-state index in [-0.39, 0.29) is 0 Å². The maximum absolute atomic E-state index is 6.98. The largest absolute Gasteiger partial charge is 0.454 e. The van der Waals surface area contributed by atoms with Crippen LogP contribution in [0.2, 0.25) is 0 Å². The Kier molecular flexibility index (Phi) is 8.42. The highest BCUT2D eigenvalue weighted by Crippen LogP contribution is 2.41. The Morgan fingerprint density at radius 2 is 0.742 bits per heavy atom. The summed E-state index contributed by atoms with van der Waals surface area (Å²) >= 11 is 0. The van der Waals surface area contributed by atoms with Crippen LogP contribution >= 0.6 is 0 Å². The van der Waals surface area contributed by atoms with E-state index in [1.807, 2.05) is 12.1 Å². The highest BCUT2D eigenvalue weighted by Gasteiger charge is 2.21. The van der Waals surface area contributed by atoms with E-state index in [4.69, 9.17) is 19.4 Å². The fraction of sp³-hybridized carbons (Fsp3) is 0. The molecule has 9 aromatic carbocycles. The topological polar surface area (TPSA) is 56.7 Å². The molecule has 0 fully saturated rings. The average molecular weight is 793 g/mol. The van der Waals surface area contributed by atoms with Crippen LogP contribution < -0.4 is 0 Å². The number of para-hydroxylation sites is 1. The van der Waals surface area contributed by atoms with Gasteiger partial charge in [-0.2, -0.15) is 0 Å². The van der Waals surface area contributed by atoms with Crippen molar-refractivity contribution in [2.24, 2.45) is 0 Å². The molecule has 12 aromatic rings. The predicted octanol–water partition coefficient (Wildman–Crippen LogP) is 14.9. The molecule has 0 atom stereocenters. The number of benzene rings is 9. The molecule has 0 radical (unpaired) electrons. The molecule has 0 unspecified atom stereocenters. The van der Waals surface area contributed by atoms with Gasteiger partial charge in [-0.1, -0.05) is 170 Å². The predicted molar refractivity (Wildman–Crippen MR) is 254 cm³/mol. The van der Waals surface area contributed by atoms with Gasteiger partial charge in [0.1, 0.15) is 5.58 Å². The van der Waals surface area contributed by atoms with Crippen LogP contribution in [0.3, 0.4) is 0 Å². The Morgan fingerprint density at radius 3 is 1.34 bits per heavy atom. The van der Waals surface area contributed by atoms with E-state index in [9.17, 15) is 0 Å². The molecule has 0 aliphatic carbocycles. The number of fused-ring (bicyclic) bond motifs is 7. The fourth-order valence-electron chi connectivity index (χ4n) is 8.82. The van der Waals surface area contributed by atoms with Crippen LogP contribution in [0.25, 0.3) is 117 Å². The minimum absolute atomic E-state index is 0.570. The minimum atomic E-state index is 0.570. The van der Waals surface area contributed by atoms with Gasteiger partial charge >= 0.3 is 0 Å². The Bertz CT molecular complexity index is 3510. The lowest BCUT2D eigenvalue weighted by atomic mass is 10.0. The molecule has 0 spiro atoms. The maximum atomic E-state index is 6.98. The fourth-order valence-corrected chi connectivity index (χ4v) is 8.82. The van der Waals surface area contributed by atoms with Gasteiger partial charge in [0.05, 0.1) is 11.0 Å². The summed E-state index contributed by atoms with van der Waals surface area (Å²) in [6, 6.07) is 76.2. The molecule has 62 heavy (non-hydrogen) atoms. The van der Waals surface area contributed by atoms with Gasteiger partial charge in [0, 0.05) is 43.9 Å². The zero-order chi connectivity index (χ0) is 41.0. The van der Waals surface area contributed by atoms with E-state index in [1.165, 1.54) is 16.5 Å². The van der Waals surface area contributed by atoms with Crippen molar-refractivity contribution in [2.45, 2.75) is 0 Å². The summed E-state index contributed by atoms with van der Waals surface area (Å²) in [5.74, 6) is 1.77. The molecule has 0 bridgehead atoms. The van der Waals surface area contributed by atoms with Crippen molar-refractivity contribution in [3.63, 3.8) is 0 Å². The Morgan fingerprint density at radius 1 is 0.306 bits per heavy atom. The molecular formula is C57H36N4O. The second-order valence-electron chi connectivity index (χ2n) is 15.6. The van der Waals surface area contributed by atoms with Crippen LogP contribution in [0.1, 0.15) is 0 Å². The zero-order valence-electron chi connectivity index (χ0n) is 33.5. The first-order valence-electron chi connectivity index (χ1n) is 20.8. The molecule has 3 aromatic heterocycles. The third-order valence-electron chi connectivity index (χ3n) is 11.9. The average Bonchev–Trinajstić information content (AvgIpc) is 3.90. The third-order valence-corrected chi connectivity index (χ3v) is 11.9. The number of nitrogens with zero attached hydrogens (tertiary/aromatic N) is 4. The minimum Gasteiger partial charge on any atom is -0.454 e. The summed E-state index contributed by atoms with van der Waals surface area (Å²) < 4.78 is 9.32. The summed E-state index contributed by atoms with van der Waals surface area (Å²) in [5, 5.41) is 4.40. The lowest BCUT2D eigenvalue weighted by Gasteiger charge is -2.10. The number of hydrogen-bond acceptors (Lipinski definition) is 4. The summed E-state index contributed by atoms with van der Waals surface area (Å²) in [4.78, 5) is 15.5. The highest BCUT2D eigenvalue weighted by atomic mass is 16.3. The summed E-state index contributed by atoms with van der Waals surface area (Å²) in [6.07, 6.45) is 0. The van der Waals surface area contributed by atoms with E-state index in [0.29, 0.717) is 17.5 Å². The standard InChI is InChI=1S/C57H36N4O/c1-4-14-37(15-5-1)40-26-29-46(30-27-40)61-51-25-11-10-24-47(51)49-32-33-50-48-31-28-45(36-52(48)62-54(50)53(49)61)57-59-55(43-22-12-20-41(34-43)38-16-6-2-7-17-38)58-56(60-57)44-23-13-21-42(35-44)39-18-8-3-9-19-39/h1-36H. The first-order valence-corrected chi connectivity index (χ1v) is 20.8. The number of rotatable bonds is 7. The second-order valence-corrected chi connectivity index (χ2v) is 15.6. The van der Waals surface area contributed by atoms with Crippen molar-refractivity contribution in [3.05, 3.63) is 218 Å². The van der Waals surface area contributed by atoms with Crippen molar-refractivity contribution in [1.82, 2.24) is 19.5 Å². The van der Waals surface area contributed by atoms with E-state index in [0.717, 1.165) is 83.0 Å². The monoisotopic (exact) mass is 792 g/mol. The second kappa shape index (κ2) is 14.7. The van der Waals surface area contributed by atoms with Crippen LogP contribution in [0.15, 0.2) is 223 Å². The van der Waals surface area contributed by atoms with Crippen LogP contribution in [0.5, 0.6) is 0 Å². The van der Waals surface area contributed by atoms with Gasteiger partial charge in [-0.05, 0) is 81.9 Å². The molecule has 0 N–H and O–H groups in total. The molecular weight excluding hydrogens is 757 g/mol. The van der Waals surface area contributed by atoms with Crippen LogP contribution in [0, 0.1) is 0 Å². The molecule has 0 saturated heterocycles. The van der Waals surface area contributed by atoms with Gasteiger partial charge in [-0.25, -0.2) is 15.0 Å². The van der Waals surface area contributed by atoms with Crippen molar-refractivity contribution in [1.29, 1.82) is 0 Å². The summed E-state index contributed by atoms with van der Waals surface area (Å²) in [5.41, 5.74) is 14.3. The van der Waals surface area contributed by atoms with Crippen LogP contribution in [-0.2, 0) is 0 Å². The first-order chi connectivity index (χ1) is 30.7. The lowest BCUT2D eigenvalue weighted by Crippen LogP contribution is -2.00. The van der Waals surface area contributed by atoms with E-state index < -0.39 is 0 Å². The van der Waals surface area contributed by atoms with Crippen molar-refractivity contribution in [2.75, 3.05) is 0 Å². The smallest absolute Gasteiger partial charge is 0.164 e. The van der Waals surface area contributed by atoms with Gasteiger partial charge in [0.25, 0.3) is 0 Å². The molecule has 5 heteroatoms. The summed E-state index contributed by atoms with van der Waals surface area (Å²) in [6.45, 7) is 0. The van der Waals surface area contributed by atoms with E-state index in [1.54, 1.807) is 0 Å². The highest BCUT2D eigenvalue weighted by molar-refractivity contribution is 6.21. The molecule has 5 nitrogen and oxygen atoms in total. The van der Waals surface area contributed by atoms with Gasteiger partial charge in [-0.15, -0.1) is 0 Å². The van der Waals surface area contributed by atoms with E-state index >= 15 is 0 Å². The van der Waals surface area contributed by atoms with Gasteiger partial charge < -0.3 is 8.98 Å². The molecule has 0 amide bonds. The van der Waals surface area contributed by atoms with Crippen molar-refractivity contribution >= 4 is 43.7 Å². The van der Waals surface area contributed by atoms with E-state index in [2.05, 4.69) is 211 Å². The molecule has 0 aliphatic rings. The Balaban J connectivity index is 1.02. The number of hydrogen-bond donors (Lipinski definition) is 0. The van der Waals surface area contributed by atoms with Gasteiger partial charge in [0.15, 0.2) is 23.1 Å². The summed E-state index contributed by atoms with van der Waals surface area (Å²) in [7, 11) is 0. The molecule has 3 heterocycles. The van der Waals surface area contributed by atoms with Crippen LogP contribution in [-0.4, -0.2) is 19.5 Å². The SMILES string of the molecule is c1ccc(-c2ccc(-n3c4ccccc4c4ccc5c6ccc(-c7nc(-c8cccc(-c9ccccc9)c8)nc(-c8cccc(-c9ccccc9)c8)n7)cc6oc5c43)cc2)cc1. The molecule has 290 valence electrons. The normalized spacial score (nSPS) is 11.5. The zero-order valence-corrected chi connectivity index (χ0v) is 33.5. The Labute approximate surface area is 357 Å². The quantitative estimate of drug-likeness (QED) is 0.161. The van der Waals surface area contributed by atoms with Crippen LogP contribution in [0.4, 0.5) is 0 Å². The van der Waals surface area contributed by atoms with Crippen molar-refractivity contribution in [3.8, 4) is 73.2 Å². The maximum Gasteiger partial charge on any atom is 0.164 e. The van der Waals surface area contributed by atoms with Gasteiger partial charge in [-0.3, -0.25) is 0 Å². The number of furan rings is 1. The third kappa shape index (κ3) is 6.14. The lowest BCUT2D eigenvalue weighted by molar-refractivity contribution is 0.671. The molecule has 0 aliphatic heterocycles. The Hall–Kier alpha value is -8.41. The molecule has 0 saturated carbocycles.